The quantitative estimate of drug-likeness (QED) is 0.632. The predicted molar refractivity (Wildman–Crippen MR) is 78.5 cm³/mol. The molecule has 1 aliphatic heterocycles. The van der Waals surface area contributed by atoms with Crippen molar-refractivity contribution in [1.29, 1.82) is 0 Å². The van der Waals surface area contributed by atoms with Gasteiger partial charge >= 0.3 is 5.97 Å². The topological polar surface area (TPSA) is 46.6 Å². The van der Waals surface area contributed by atoms with Gasteiger partial charge in [0, 0.05) is 37.2 Å². The molecule has 0 N–H and O–H groups in total. The molecule has 4 nitrogen and oxygen atoms in total. The van der Waals surface area contributed by atoms with E-state index in [0.29, 0.717) is 18.7 Å². The SMILES string of the molecule is CCOC(=O)C1(F)CCN(c2cc(C)ccc2C=O)CC1. The monoisotopic (exact) mass is 293 g/mol. The maximum atomic E-state index is 14.5. The van der Waals surface area contributed by atoms with Crippen LogP contribution < -0.4 is 4.90 Å². The van der Waals surface area contributed by atoms with Crippen LogP contribution in [0.4, 0.5) is 10.1 Å². The number of aldehydes is 1. The van der Waals surface area contributed by atoms with Crippen LogP contribution in [0.15, 0.2) is 18.2 Å². The van der Waals surface area contributed by atoms with Crippen molar-refractivity contribution in [3.05, 3.63) is 29.3 Å². The zero-order valence-electron chi connectivity index (χ0n) is 12.4. The first kappa shape index (κ1) is 15.5. The molecule has 1 fully saturated rings. The van der Waals surface area contributed by atoms with Crippen LogP contribution in [0, 0.1) is 6.92 Å². The largest absolute Gasteiger partial charge is 0.464 e. The summed E-state index contributed by atoms with van der Waals surface area (Å²) in [4.78, 5) is 24.7. The summed E-state index contributed by atoms with van der Waals surface area (Å²) in [6.07, 6.45) is 0.966. The first-order valence-corrected chi connectivity index (χ1v) is 7.17. The summed E-state index contributed by atoms with van der Waals surface area (Å²) in [6, 6.07) is 5.55. The van der Waals surface area contributed by atoms with Crippen LogP contribution in [0.25, 0.3) is 0 Å². The van der Waals surface area contributed by atoms with E-state index in [9.17, 15) is 14.0 Å². The van der Waals surface area contributed by atoms with Gasteiger partial charge in [0.15, 0.2) is 6.29 Å². The van der Waals surface area contributed by atoms with Gasteiger partial charge in [-0.2, -0.15) is 0 Å². The Morgan fingerprint density at radius 2 is 2.10 bits per heavy atom. The summed E-state index contributed by atoms with van der Waals surface area (Å²) < 4.78 is 19.3. The molecular formula is C16H20FNO3. The van der Waals surface area contributed by atoms with Crippen LogP contribution in [0.1, 0.15) is 35.7 Å². The van der Waals surface area contributed by atoms with Crippen molar-refractivity contribution in [3.8, 4) is 0 Å². The molecule has 2 rings (SSSR count). The number of rotatable bonds is 4. The first-order valence-electron chi connectivity index (χ1n) is 7.17. The highest BCUT2D eigenvalue weighted by Crippen LogP contribution is 2.32. The van der Waals surface area contributed by atoms with Crippen molar-refractivity contribution < 1.29 is 18.7 Å². The molecule has 0 atom stereocenters. The lowest BCUT2D eigenvalue weighted by Crippen LogP contribution is -2.47. The van der Waals surface area contributed by atoms with E-state index in [-0.39, 0.29) is 19.4 Å². The predicted octanol–water partition coefficient (Wildman–Crippen LogP) is 2.68. The number of anilines is 1. The Hall–Kier alpha value is -1.91. The third-order valence-corrected chi connectivity index (χ3v) is 3.85. The number of aryl methyl sites for hydroxylation is 1. The highest BCUT2D eigenvalue weighted by atomic mass is 19.1. The molecule has 0 bridgehead atoms. The van der Waals surface area contributed by atoms with E-state index in [2.05, 4.69) is 0 Å². The molecule has 1 aromatic rings. The third kappa shape index (κ3) is 3.23. The Morgan fingerprint density at radius 1 is 1.43 bits per heavy atom. The fraction of sp³-hybridized carbons (Fsp3) is 0.500. The maximum absolute atomic E-state index is 14.5. The Bertz CT molecular complexity index is 536. The molecule has 0 spiro atoms. The summed E-state index contributed by atoms with van der Waals surface area (Å²) in [7, 11) is 0. The zero-order chi connectivity index (χ0) is 15.5. The molecule has 0 aromatic heterocycles. The van der Waals surface area contributed by atoms with Gasteiger partial charge < -0.3 is 9.64 Å². The average molecular weight is 293 g/mol. The smallest absolute Gasteiger partial charge is 0.344 e. The van der Waals surface area contributed by atoms with E-state index in [4.69, 9.17) is 4.74 Å². The highest BCUT2D eigenvalue weighted by Gasteiger charge is 2.43. The Balaban J connectivity index is 2.12. The minimum atomic E-state index is -1.91. The summed E-state index contributed by atoms with van der Waals surface area (Å²) in [5.74, 6) is -0.774. The molecule has 5 heteroatoms. The number of carbonyl (C=O) groups excluding carboxylic acids is 2. The second-order valence-corrected chi connectivity index (χ2v) is 5.35. The molecule has 0 aliphatic carbocycles. The number of nitrogens with zero attached hydrogens (tertiary/aromatic N) is 1. The summed E-state index contributed by atoms with van der Waals surface area (Å²) in [5, 5.41) is 0. The van der Waals surface area contributed by atoms with E-state index in [1.165, 1.54) is 0 Å². The Labute approximate surface area is 123 Å². The van der Waals surface area contributed by atoms with E-state index < -0.39 is 11.6 Å². The van der Waals surface area contributed by atoms with Crippen molar-refractivity contribution in [2.45, 2.75) is 32.4 Å². The number of carbonyl (C=O) groups is 2. The van der Waals surface area contributed by atoms with Crippen molar-refractivity contribution in [2.24, 2.45) is 0 Å². The molecule has 0 saturated carbocycles. The Morgan fingerprint density at radius 3 is 2.67 bits per heavy atom. The highest BCUT2D eigenvalue weighted by molar-refractivity contribution is 5.85. The summed E-state index contributed by atoms with van der Waals surface area (Å²) in [5.41, 5.74) is 0.523. The minimum Gasteiger partial charge on any atom is -0.464 e. The van der Waals surface area contributed by atoms with Crippen LogP contribution in [0.2, 0.25) is 0 Å². The van der Waals surface area contributed by atoms with Crippen LogP contribution in [0.3, 0.4) is 0 Å². The molecule has 1 aromatic carbocycles. The second kappa shape index (κ2) is 6.24. The van der Waals surface area contributed by atoms with Crippen molar-refractivity contribution in [3.63, 3.8) is 0 Å². The minimum absolute atomic E-state index is 0.0814. The van der Waals surface area contributed by atoms with Gasteiger partial charge in [0.05, 0.1) is 6.61 Å². The molecule has 1 saturated heterocycles. The van der Waals surface area contributed by atoms with Crippen LogP contribution in [-0.4, -0.2) is 37.6 Å². The third-order valence-electron chi connectivity index (χ3n) is 3.85. The molecule has 1 heterocycles. The van der Waals surface area contributed by atoms with Crippen molar-refractivity contribution in [1.82, 2.24) is 0 Å². The van der Waals surface area contributed by atoms with Gasteiger partial charge in [-0.25, -0.2) is 9.18 Å². The maximum Gasteiger partial charge on any atom is 0.344 e. The zero-order valence-corrected chi connectivity index (χ0v) is 12.4. The van der Waals surface area contributed by atoms with E-state index >= 15 is 0 Å². The number of alkyl halides is 1. The van der Waals surface area contributed by atoms with Gasteiger partial charge in [-0.3, -0.25) is 4.79 Å². The first-order chi connectivity index (χ1) is 10.00. The molecule has 114 valence electrons. The van der Waals surface area contributed by atoms with Crippen molar-refractivity contribution >= 4 is 17.9 Å². The fourth-order valence-corrected chi connectivity index (χ4v) is 2.59. The van der Waals surface area contributed by atoms with E-state index in [1.807, 2.05) is 24.0 Å². The van der Waals surface area contributed by atoms with Gasteiger partial charge in [-0.1, -0.05) is 6.07 Å². The number of esters is 1. The number of ether oxygens (including phenoxy) is 1. The molecule has 0 unspecified atom stereocenters. The second-order valence-electron chi connectivity index (χ2n) is 5.35. The number of piperidine rings is 1. The van der Waals surface area contributed by atoms with Crippen molar-refractivity contribution in [2.75, 3.05) is 24.6 Å². The average Bonchev–Trinajstić information content (AvgIpc) is 2.48. The van der Waals surface area contributed by atoms with Crippen LogP contribution in [-0.2, 0) is 9.53 Å². The van der Waals surface area contributed by atoms with Crippen LogP contribution >= 0.6 is 0 Å². The number of halogens is 1. The van der Waals surface area contributed by atoms with Crippen LogP contribution in [0.5, 0.6) is 0 Å². The van der Waals surface area contributed by atoms with Gasteiger partial charge in [0.2, 0.25) is 5.67 Å². The summed E-state index contributed by atoms with van der Waals surface area (Å²) >= 11 is 0. The standard InChI is InChI=1S/C16H20FNO3/c1-3-21-15(20)16(17)6-8-18(9-7-16)14-10-12(2)4-5-13(14)11-19/h4-5,10-11H,3,6-9H2,1-2H3. The number of hydrogen-bond acceptors (Lipinski definition) is 4. The number of benzene rings is 1. The lowest BCUT2D eigenvalue weighted by Gasteiger charge is -2.36. The normalized spacial score (nSPS) is 17.4. The van der Waals surface area contributed by atoms with Gasteiger partial charge in [0.25, 0.3) is 0 Å². The van der Waals surface area contributed by atoms with Gasteiger partial charge in [-0.05, 0) is 31.5 Å². The molecule has 0 radical (unpaired) electrons. The van der Waals surface area contributed by atoms with E-state index in [0.717, 1.165) is 17.5 Å². The fourth-order valence-electron chi connectivity index (χ4n) is 2.59. The van der Waals surface area contributed by atoms with Gasteiger partial charge in [0.1, 0.15) is 0 Å². The molecule has 21 heavy (non-hydrogen) atoms. The molecule has 1 aliphatic rings. The number of hydrogen-bond donors (Lipinski definition) is 0. The molecule has 0 amide bonds. The lowest BCUT2D eigenvalue weighted by atomic mass is 9.92. The Kier molecular flexibility index (Phi) is 4.60. The van der Waals surface area contributed by atoms with Gasteiger partial charge in [-0.15, -0.1) is 0 Å². The lowest BCUT2D eigenvalue weighted by molar-refractivity contribution is -0.158. The van der Waals surface area contributed by atoms with E-state index in [1.54, 1.807) is 13.0 Å². The molecular weight excluding hydrogens is 273 g/mol. The summed E-state index contributed by atoms with van der Waals surface area (Å²) in [6.45, 7) is 4.57.